The highest BCUT2D eigenvalue weighted by atomic mass is 16.2. The third kappa shape index (κ3) is 3.96. The molecule has 3 N–H and O–H groups in total. The van der Waals surface area contributed by atoms with Crippen molar-refractivity contribution in [1.82, 2.24) is 16.0 Å². The van der Waals surface area contributed by atoms with E-state index in [0.29, 0.717) is 6.54 Å². The van der Waals surface area contributed by atoms with Gasteiger partial charge in [-0.1, -0.05) is 24.3 Å². The second-order valence-electron chi connectivity index (χ2n) is 6.04. The first-order chi connectivity index (χ1) is 8.96. The molecule has 104 valence electrons. The maximum Gasteiger partial charge on any atom is 0.315 e. The van der Waals surface area contributed by atoms with Gasteiger partial charge in [-0.05, 0) is 44.9 Å². The zero-order chi connectivity index (χ0) is 13.9. The number of hydrogen-bond acceptors (Lipinski definition) is 2. The first kappa shape index (κ1) is 13.9. The van der Waals surface area contributed by atoms with Crippen LogP contribution in [0.4, 0.5) is 4.79 Å². The molecule has 2 rings (SSSR count). The molecular weight excluding hydrogens is 238 g/mol. The van der Waals surface area contributed by atoms with Gasteiger partial charge in [0, 0.05) is 18.1 Å². The summed E-state index contributed by atoms with van der Waals surface area (Å²) in [6.45, 7) is 7.49. The van der Waals surface area contributed by atoms with E-state index in [9.17, 15) is 4.79 Å². The molecule has 4 heteroatoms. The number of rotatable bonds is 2. The molecule has 1 heterocycles. The summed E-state index contributed by atoms with van der Waals surface area (Å²) in [5.74, 6) is 0. The number of nitrogens with one attached hydrogen (secondary N) is 3. The van der Waals surface area contributed by atoms with E-state index in [1.807, 2.05) is 26.8 Å². The second kappa shape index (κ2) is 5.61. The molecule has 0 bridgehead atoms. The van der Waals surface area contributed by atoms with E-state index in [1.165, 1.54) is 11.1 Å². The maximum atomic E-state index is 11.8. The predicted octanol–water partition coefficient (Wildman–Crippen LogP) is 1.97. The molecular formula is C15H23N3O. The summed E-state index contributed by atoms with van der Waals surface area (Å²) in [7, 11) is 0. The number of urea groups is 1. The first-order valence-electron chi connectivity index (χ1n) is 6.83. The lowest BCUT2D eigenvalue weighted by Gasteiger charge is -2.28. The molecule has 0 saturated carbocycles. The number of amides is 2. The molecule has 4 nitrogen and oxygen atoms in total. The normalized spacial score (nSPS) is 18.6. The number of carbonyl (C=O) groups excluding carboxylic acids is 1. The van der Waals surface area contributed by atoms with Gasteiger partial charge >= 0.3 is 6.03 Å². The number of hydrogen-bond donors (Lipinski definition) is 3. The van der Waals surface area contributed by atoms with Crippen LogP contribution < -0.4 is 16.0 Å². The van der Waals surface area contributed by atoms with Gasteiger partial charge in [0.05, 0.1) is 0 Å². The van der Waals surface area contributed by atoms with Crippen LogP contribution in [0, 0.1) is 0 Å². The number of fused-ring (bicyclic) bond motifs is 1. The molecule has 1 aromatic carbocycles. The Morgan fingerprint density at radius 1 is 1.37 bits per heavy atom. The topological polar surface area (TPSA) is 53.2 Å². The summed E-state index contributed by atoms with van der Waals surface area (Å²) in [6, 6.07) is 8.51. The van der Waals surface area contributed by atoms with Crippen molar-refractivity contribution in [3.63, 3.8) is 0 Å². The fourth-order valence-electron chi connectivity index (χ4n) is 2.35. The Balaban J connectivity index is 1.93. The molecule has 0 fully saturated rings. The van der Waals surface area contributed by atoms with Crippen LogP contribution in [-0.2, 0) is 6.42 Å². The third-order valence-electron chi connectivity index (χ3n) is 3.17. The minimum atomic E-state index is -0.206. The molecule has 1 unspecified atom stereocenters. The lowest BCUT2D eigenvalue weighted by atomic mass is 9.94. The van der Waals surface area contributed by atoms with Crippen molar-refractivity contribution in [1.29, 1.82) is 0 Å². The van der Waals surface area contributed by atoms with E-state index in [4.69, 9.17) is 0 Å². The Kier molecular flexibility index (Phi) is 4.10. The standard InChI is InChI=1S/C15H23N3O/c1-15(2,3)18-14(19)17-10-13-12-7-5-4-6-11(12)8-9-16-13/h4-7,13,16H,8-10H2,1-3H3,(H2,17,18,19). The quantitative estimate of drug-likeness (QED) is 0.762. The van der Waals surface area contributed by atoms with Gasteiger partial charge in [0.15, 0.2) is 0 Å². The Bertz CT molecular complexity index is 451. The molecule has 2 amide bonds. The second-order valence-corrected chi connectivity index (χ2v) is 6.04. The van der Waals surface area contributed by atoms with E-state index in [0.717, 1.165) is 13.0 Å². The molecule has 1 aliphatic heterocycles. The van der Waals surface area contributed by atoms with Crippen molar-refractivity contribution in [2.75, 3.05) is 13.1 Å². The van der Waals surface area contributed by atoms with Gasteiger partial charge in [-0.25, -0.2) is 4.79 Å². The molecule has 0 spiro atoms. The van der Waals surface area contributed by atoms with Crippen LogP contribution in [0.2, 0.25) is 0 Å². The zero-order valence-electron chi connectivity index (χ0n) is 11.9. The summed E-state index contributed by atoms with van der Waals surface area (Å²) >= 11 is 0. The fourth-order valence-corrected chi connectivity index (χ4v) is 2.35. The van der Waals surface area contributed by atoms with Gasteiger partial charge in [0.1, 0.15) is 0 Å². The molecule has 19 heavy (non-hydrogen) atoms. The molecule has 1 aliphatic rings. The van der Waals surface area contributed by atoms with Gasteiger partial charge in [0.25, 0.3) is 0 Å². The zero-order valence-corrected chi connectivity index (χ0v) is 11.9. The van der Waals surface area contributed by atoms with E-state index < -0.39 is 0 Å². The van der Waals surface area contributed by atoms with E-state index in [-0.39, 0.29) is 17.6 Å². The van der Waals surface area contributed by atoms with Crippen LogP contribution >= 0.6 is 0 Å². The van der Waals surface area contributed by atoms with Gasteiger partial charge in [-0.15, -0.1) is 0 Å². The third-order valence-corrected chi connectivity index (χ3v) is 3.17. The Labute approximate surface area is 115 Å². The summed E-state index contributed by atoms with van der Waals surface area (Å²) in [4.78, 5) is 11.8. The maximum absolute atomic E-state index is 11.8. The predicted molar refractivity (Wildman–Crippen MR) is 77.2 cm³/mol. The fraction of sp³-hybridized carbons (Fsp3) is 0.533. The van der Waals surface area contributed by atoms with Crippen molar-refractivity contribution < 1.29 is 4.79 Å². The van der Waals surface area contributed by atoms with Gasteiger partial charge in [-0.2, -0.15) is 0 Å². The monoisotopic (exact) mass is 261 g/mol. The first-order valence-corrected chi connectivity index (χ1v) is 6.83. The van der Waals surface area contributed by atoms with Crippen LogP contribution in [-0.4, -0.2) is 24.7 Å². The Morgan fingerprint density at radius 3 is 2.84 bits per heavy atom. The van der Waals surface area contributed by atoms with Crippen molar-refractivity contribution in [3.8, 4) is 0 Å². The Hall–Kier alpha value is -1.55. The SMILES string of the molecule is CC(C)(C)NC(=O)NCC1NCCc2ccccc21. The number of benzene rings is 1. The number of carbonyl (C=O) groups is 1. The highest BCUT2D eigenvalue weighted by molar-refractivity contribution is 5.74. The van der Waals surface area contributed by atoms with Gasteiger partial charge in [0.2, 0.25) is 0 Å². The van der Waals surface area contributed by atoms with Crippen molar-refractivity contribution in [3.05, 3.63) is 35.4 Å². The average molecular weight is 261 g/mol. The summed E-state index contributed by atoms with van der Waals surface area (Å²) in [5.41, 5.74) is 2.47. The van der Waals surface area contributed by atoms with Gasteiger partial charge in [-0.3, -0.25) is 0 Å². The van der Waals surface area contributed by atoms with E-state index in [1.54, 1.807) is 0 Å². The molecule has 0 saturated heterocycles. The van der Waals surface area contributed by atoms with Crippen LogP contribution in [0.5, 0.6) is 0 Å². The Morgan fingerprint density at radius 2 is 2.11 bits per heavy atom. The summed E-state index contributed by atoms with van der Waals surface area (Å²) in [5, 5.41) is 9.29. The summed E-state index contributed by atoms with van der Waals surface area (Å²) < 4.78 is 0. The van der Waals surface area contributed by atoms with Crippen molar-refractivity contribution in [2.45, 2.75) is 38.8 Å². The highest BCUT2D eigenvalue weighted by Crippen LogP contribution is 2.21. The van der Waals surface area contributed by atoms with Crippen molar-refractivity contribution >= 4 is 6.03 Å². The highest BCUT2D eigenvalue weighted by Gasteiger charge is 2.20. The largest absolute Gasteiger partial charge is 0.336 e. The lowest BCUT2D eigenvalue weighted by molar-refractivity contribution is 0.230. The summed E-state index contributed by atoms with van der Waals surface area (Å²) in [6.07, 6.45) is 1.06. The average Bonchev–Trinajstić information content (AvgIpc) is 2.34. The van der Waals surface area contributed by atoms with Gasteiger partial charge < -0.3 is 16.0 Å². The molecule has 0 radical (unpaired) electrons. The molecule has 1 aromatic rings. The van der Waals surface area contributed by atoms with Crippen LogP contribution in [0.1, 0.15) is 37.9 Å². The molecule has 0 aliphatic carbocycles. The van der Waals surface area contributed by atoms with E-state index in [2.05, 4.69) is 34.1 Å². The van der Waals surface area contributed by atoms with Crippen LogP contribution in [0.15, 0.2) is 24.3 Å². The van der Waals surface area contributed by atoms with Crippen molar-refractivity contribution in [2.24, 2.45) is 0 Å². The molecule has 0 aromatic heterocycles. The minimum Gasteiger partial charge on any atom is -0.336 e. The smallest absolute Gasteiger partial charge is 0.315 e. The minimum absolute atomic E-state index is 0.114. The van der Waals surface area contributed by atoms with E-state index >= 15 is 0 Å². The van der Waals surface area contributed by atoms with Crippen LogP contribution in [0.25, 0.3) is 0 Å². The molecule has 1 atom stereocenters. The van der Waals surface area contributed by atoms with Crippen LogP contribution in [0.3, 0.4) is 0 Å². The lowest BCUT2D eigenvalue weighted by Crippen LogP contribution is -2.48.